The summed E-state index contributed by atoms with van der Waals surface area (Å²) in [4.78, 5) is 24.1. The predicted octanol–water partition coefficient (Wildman–Crippen LogP) is 4.99. The Kier molecular flexibility index (Phi) is 7.56. The summed E-state index contributed by atoms with van der Waals surface area (Å²) in [6, 6.07) is 7.10. The van der Waals surface area contributed by atoms with Gasteiger partial charge in [0.15, 0.2) is 0 Å². The first-order valence-electron chi connectivity index (χ1n) is 8.92. The molecule has 1 fully saturated rings. The summed E-state index contributed by atoms with van der Waals surface area (Å²) in [5, 5.41) is 3.43. The smallest absolute Gasteiger partial charge is 0.410 e. The van der Waals surface area contributed by atoms with Crippen LogP contribution in [0.5, 0.6) is 0 Å². The van der Waals surface area contributed by atoms with E-state index in [4.69, 9.17) is 21.1 Å². The Morgan fingerprint density at radius 2 is 1.80 bits per heavy atom. The number of benzene rings is 1. The lowest BCUT2D eigenvalue weighted by molar-refractivity contribution is -0.171. The maximum absolute atomic E-state index is 12.1. The number of ether oxygens (including phenoxy) is 2. The van der Waals surface area contributed by atoms with E-state index >= 15 is 0 Å². The van der Waals surface area contributed by atoms with Crippen LogP contribution in [-0.2, 0) is 14.3 Å². The van der Waals surface area contributed by atoms with Crippen LogP contribution in [0, 0.1) is 5.92 Å². The van der Waals surface area contributed by atoms with E-state index in [-0.39, 0.29) is 17.9 Å². The van der Waals surface area contributed by atoms with Gasteiger partial charge < -0.3 is 14.8 Å². The van der Waals surface area contributed by atoms with Gasteiger partial charge in [-0.3, -0.25) is 4.79 Å². The van der Waals surface area contributed by atoms with E-state index in [2.05, 4.69) is 5.32 Å². The van der Waals surface area contributed by atoms with Gasteiger partial charge in [-0.25, -0.2) is 4.79 Å². The van der Waals surface area contributed by atoms with E-state index in [0.717, 1.165) is 31.2 Å². The lowest BCUT2D eigenvalue weighted by Gasteiger charge is -2.23. The quantitative estimate of drug-likeness (QED) is 0.568. The predicted molar refractivity (Wildman–Crippen MR) is 96.2 cm³/mol. The number of hydrogen-bond donors (Lipinski definition) is 1. The number of hydrogen-bond acceptors (Lipinski definition) is 4. The lowest BCUT2D eigenvalue weighted by atomic mass is 9.89. The molecule has 1 aromatic carbocycles. The zero-order valence-corrected chi connectivity index (χ0v) is 15.6. The highest BCUT2D eigenvalue weighted by Crippen LogP contribution is 2.25. The van der Waals surface area contributed by atoms with Gasteiger partial charge in [0, 0.05) is 11.9 Å². The van der Waals surface area contributed by atoms with Crippen molar-refractivity contribution in [2.45, 2.75) is 64.7 Å². The molecule has 0 radical (unpaired) electrons. The first-order chi connectivity index (χ1) is 12.0. The molecular weight excluding hydrogens is 342 g/mol. The van der Waals surface area contributed by atoms with Crippen molar-refractivity contribution in [1.29, 1.82) is 0 Å². The van der Waals surface area contributed by atoms with Gasteiger partial charge in [0.05, 0.1) is 12.0 Å². The average molecular weight is 368 g/mol. The topological polar surface area (TPSA) is 64.6 Å². The highest BCUT2D eigenvalue weighted by molar-refractivity contribution is 6.30. The molecule has 0 saturated heterocycles. The third-order valence-corrected chi connectivity index (χ3v) is 4.72. The Morgan fingerprint density at radius 3 is 2.40 bits per heavy atom. The van der Waals surface area contributed by atoms with Crippen LogP contribution in [0.4, 0.5) is 4.79 Å². The molecular formula is C19H26ClNO4. The van der Waals surface area contributed by atoms with Crippen LogP contribution in [0.25, 0.3) is 0 Å². The molecule has 1 amide bonds. The second kappa shape index (κ2) is 9.66. The highest BCUT2D eigenvalue weighted by atomic mass is 35.5. The number of alkyl carbamates (subject to hydrolysis) is 1. The zero-order chi connectivity index (χ0) is 18.2. The van der Waals surface area contributed by atoms with Crippen molar-refractivity contribution in [2.24, 2.45) is 5.92 Å². The van der Waals surface area contributed by atoms with Crippen LogP contribution in [0.15, 0.2) is 24.3 Å². The summed E-state index contributed by atoms with van der Waals surface area (Å²) >= 11 is 5.89. The van der Waals surface area contributed by atoms with Gasteiger partial charge in [0.25, 0.3) is 0 Å². The van der Waals surface area contributed by atoms with E-state index in [1.807, 2.05) is 19.1 Å². The van der Waals surface area contributed by atoms with Crippen LogP contribution in [0.2, 0.25) is 5.02 Å². The zero-order valence-electron chi connectivity index (χ0n) is 14.8. The Bertz CT molecular complexity index is 569. The minimum absolute atomic E-state index is 0.0691. The monoisotopic (exact) mass is 367 g/mol. The summed E-state index contributed by atoms with van der Waals surface area (Å²) < 4.78 is 10.4. The van der Waals surface area contributed by atoms with Crippen LogP contribution in [-0.4, -0.2) is 18.4 Å². The largest absolute Gasteiger partial charge is 0.425 e. The lowest BCUT2D eigenvalue weighted by Crippen LogP contribution is -2.34. The molecule has 25 heavy (non-hydrogen) atoms. The van der Waals surface area contributed by atoms with Crippen molar-refractivity contribution in [2.75, 3.05) is 0 Å². The minimum atomic E-state index is -0.905. The van der Waals surface area contributed by atoms with Gasteiger partial charge in [0.1, 0.15) is 0 Å². The number of carbonyl (C=O) groups excluding carboxylic acids is 2. The molecule has 2 atom stereocenters. The fourth-order valence-electron chi connectivity index (χ4n) is 3.07. The van der Waals surface area contributed by atoms with Crippen LogP contribution >= 0.6 is 11.6 Å². The van der Waals surface area contributed by atoms with E-state index in [1.165, 1.54) is 6.42 Å². The number of rotatable bonds is 6. The fraction of sp³-hybridized carbons (Fsp3) is 0.579. The Balaban J connectivity index is 1.81. The molecule has 2 rings (SSSR count). The van der Waals surface area contributed by atoms with E-state index < -0.39 is 12.4 Å². The number of carbonyl (C=O) groups is 2. The minimum Gasteiger partial charge on any atom is -0.425 e. The number of esters is 1. The van der Waals surface area contributed by atoms with Crippen molar-refractivity contribution in [3.05, 3.63) is 34.9 Å². The third-order valence-electron chi connectivity index (χ3n) is 4.47. The summed E-state index contributed by atoms with van der Waals surface area (Å²) in [6.45, 7) is 3.52. The van der Waals surface area contributed by atoms with Crippen LogP contribution in [0.3, 0.4) is 0 Å². The van der Waals surface area contributed by atoms with Crippen molar-refractivity contribution in [1.82, 2.24) is 5.32 Å². The summed E-state index contributed by atoms with van der Waals surface area (Å²) in [6.07, 6.45) is 4.17. The normalized spacial score (nSPS) is 17.4. The standard InChI is InChI=1S/C19H26ClNO4/c1-3-17(14-9-11-16(20)12-10-14)21-19(23)25-13(2)24-18(22)15-7-5-4-6-8-15/h9-13,15,17H,3-8H2,1-2H3,(H,21,23). The van der Waals surface area contributed by atoms with E-state index in [9.17, 15) is 9.59 Å². The van der Waals surface area contributed by atoms with Crippen LogP contribution in [0.1, 0.15) is 64.0 Å². The van der Waals surface area contributed by atoms with Gasteiger partial charge in [0.2, 0.25) is 6.29 Å². The van der Waals surface area contributed by atoms with Gasteiger partial charge in [-0.1, -0.05) is 49.9 Å². The maximum atomic E-state index is 12.1. The summed E-state index contributed by atoms with van der Waals surface area (Å²) in [7, 11) is 0. The van der Waals surface area contributed by atoms with Gasteiger partial charge >= 0.3 is 12.1 Å². The van der Waals surface area contributed by atoms with Crippen molar-refractivity contribution >= 4 is 23.7 Å². The van der Waals surface area contributed by atoms with E-state index in [0.29, 0.717) is 11.4 Å². The van der Waals surface area contributed by atoms with Crippen molar-refractivity contribution in [3.63, 3.8) is 0 Å². The molecule has 1 saturated carbocycles. The highest BCUT2D eigenvalue weighted by Gasteiger charge is 2.25. The molecule has 0 aromatic heterocycles. The molecule has 0 heterocycles. The molecule has 6 heteroatoms. The Hall–Kier alpha value is -1.75. The molecule has 1 aliphatic rings. The van der Waals surface area contributed by atoms with E-state index in [1.54, 1.807) is 19.1 Å². The summed E-state index contributed by atoms with van der Waals surface area (Å²) in [5.41, 5.74) is 0.940. The molecule has 2 unspecified atom stereocenters. The molecule has 138 valence electrons. The molecule has 1 aromatic rings. The molecule has 5 nitrogen and oxygen atoms in total. The molecule has 0 spiro atoms. The van der Waals surface area contributed by atoms with Crippen molar-refractivity contribution < 1.29 is 19.1 Å². The SMILES string of the molecule is CCC(NC(=O)OC(C)OC(=O)C1CCCCC1)c1ccc(Cl)cc1. The molecule has 1 aliphatic carbocycles. The molecule has 0 aliphatic heterocycles. The Labute approximate surface area is 154 Å². The average Bonchev–Trinajstić information content (AvgIpc) is 2.61. The maximum Gasteiger partial charge on any atom is 0.410 e. The van der Waals surface area contributed by atoms with Gasteiger partial charge in [-0.05, 0) is 37.0 Å². The first-order valence-corrected chi connectivity index (χ1v) is 9.30. The molecule has 1 N–H and O–H groups in total. The van der Waals surface area contributed by atoms with Gasteiger partial charge in [-0.2, -0.15) is 0 Å². The van der Waals surface area contributed by atoms with Crippen LogP contribution < -0.4 is 5.32 Å². The molecule has 0 bridgehead atoms. The van der Waals surface area contributed by atoms with Crippen molar-refractivity contribution in [3.8, 4) is 0 Å². The fourth-order valence-corrected chi connectivity index (χ4v) is 3.19. The second-order valence-electron chi connectivity index (χ2n) is 6.40. The first kappa shape index (κ1) is 19.6. The summed E-state index contributed by atoms with van der Waals surface area (Å²) in [5.74, 6) is -0.343. The number of halogens is 1. The number of nitrogens with one attached hydrogen (secondary N) is 1. The third kappa shape index (κ3) is 6.24. The number of amides is 1. The van der Waals surface area contributed by atoms with Gasteiger partial charge in [-0.15, -0.1) is 0 Å². The Morgan fingerprint density at radius 1 is 1.16 bits per heavy atom. The second-order valence-corrected chi connectivity index (χ2v) is 6.84.